The summed E-state index contributed by atoms with van der Waals surface area (Å²) >= 11 is 0. The highest BCUT2D eigenvalue weighted by molar-refractivity contribution is 5.82. The van der Waals surface area contributed by atoms with Crippen LogP contribution in [0.5, 0.6) is 11.5 Å². The number of benzene rings is 1. The molecule has 1 atom stereocenters. The minimum Gasteiger partial charge on any atom is -0.480 e. The fourth-order valence-corrected chi connectivity index (χ4v) is 1.99. The average molecular weight is 294 g/mol. The number of rotatable bonds is 6. The van der Waals surface area contributed by atoms with Crippen molar-refractivity contribution in [1.82, 2.24) is 10.6 Å². The van der Waals surface area contributed by atoms with Gasteiger partial charge in [-0.05, 0) is 24.1 Å². The van der Waals surface area contributed by atoms with Gasteiger partial charge in [-0.15, -0.1) is 0 Å². The molecule has 2 amide bonds. The van der Waals surface area contributed by atoms with Gasteiger partial charge in [0.1, 0.15) is 6.04 Å². The molecule has 0 unspecified atom stereocenters. The molecule has 7 nitrogen and oxygen atoms in total. The van der Waals surface area contributed by atoms with Crippen molar-refractivity contribution in [3.63, 3.8) is 0 Å². The highest BCUT2D eigenvalue weighted by Gasteiger charge is 2.18. The van der Waals surface area contributed by atoms with Crippen LogP contribution in [0.3, 0.4) is 0 Å². The van der Waals surface area contributed by atoms with Crippen molar-refractivity contribution in [1.29, 1.82) is 0 Å². The summed E-state index contributed by atoms with van der Waals surface area (Å²) in [7, 11) is 0. The number of aliphatic carboxylic acids is 1. The summed E-state index contributed by atoms with van der Waals surface area (Å²) in [5, 5.41) is 14.0. The van der Waals surface area contributed by atoms with Crippen molar-refractivity contribution in [3.05, 3.63) is 23.8 Å². The lowest BCUT2D eigenvalue weighted by Crippen LogP contribution is -2.45. The number of amides is 2. The summed E-state index contributed by atoms with van der Waals surface area (Å²) in [6, 6.07) is 3.99. The van der Waals surface area contributed by atoms with Crippen LogP contribution in [0.1, 0.15) is 25.3 Å². The minimum absolute atomic E-state index is 0.198. The molecule has 1 aliphatic heterocycles. The van der Waals surface area contributed by atoms with Crippen molar-refractivity contribution in [2.75, 3.05) is 6.79 Å². The second-order valence-electron chi connectivity index (χ2n) is 4.69. The van der Waals surface area contributed by atoms with Gasteiger partial charge in [0.2, 0.25) is 6.79 Å². The summed E-state index contributed by atoms with van der Waals surface area (Å²) in [5.41, 5.74) is 0.844. The van der Waals surface area contributed by atoms with Crippen LogP contribution in [0.25, 0.3) is 0 Å². The number of fused-ring (bicyclic) bond motifs is 1. The van der Waals surface area contributed by atoms with Gasteiger partial charge in [-0.3, -0.25) is 0 Å². The average Bonchev–Trinajstić information content (AvgIpc) is 2.92. The SMILES string of the molecule is CCC[C@@H](NC(=O)NCc1ccc2c(c1)OCO2)C(=O)O. The third-order valence-electron chi connectivity index (χ3n) is 3.07. The highest BCUT2D eigenvalue weighted by atomic mass is 16.7. The van der Waals surface area contributed by atoms with E-state index in [1.807, 2.05) is 13.0 Å². The van der Waals surface area contributed by atoms with Crippen LogP contribution in [-0.2, 0) is 11.3 Å². The summed E-state index contributed by atoms with van der Waals surface area (Å²) in [4.78, 5) is 22.7. The fourth-order valence-electron chi connectivity index (χ4n) is 1.99. The maximum absolute atomic E-state index is 11.7. The largest absolute Gasteiger partial charge is 0.480 e. The van der Waals surface area contributed by atoms with E-state index in [4.69, 9.17) is 14.6 Å². The Hall–Kier alpha value is -2.44. The molecule has 0 saturated carbocycles. The standard InChI is InChI=1S/C14H18N2O5/c1-2-3-10(13(17)18)16-14(19)15-7-9-4-5-11-12(6-9)21-8-20-11/h4-6,10H,2-3,7-8H2,1H3,(H,17,18)(H2,15,16,19)/t10-/m1/s1. The Labute approximate surface area is 122 Å². The van der Waals surface area contributed by atoms with Gasteiger partial charge in [0.05, 0.1) is 0 Å². The maximum Gasteiger partial charge on any atom is 0.326 e. The summed E-state index contributed by atoms with van der Waals surface area (Å²) < 4.78 is 10.4. The van der Waals surface area contributed by atoms with Crippen LogP contribution >= 0.6 is 0 Å². The predicted molar refractivity (Wildman–Crippen MR) is 74.3 cm³/mol. The molecule has 7 heteroatoms. The molecule has 1 heterocycles. The van der Waals surface area contributed by atoms with E-state index in [9.17, 15) is 9.59 Å². The third-order valence-corrected chi connectivity index (χ3v) is 3.07. The Balaban J connectivity index is 1.84. The number of carboxylic acid groups (broad SMARTS) is 1. The van der Waals surface area contributed by atoms with Gasteiger partial charge < -0.3 is 25.2 Å². The van der Waals surface area contributed by atoms with Crippen molar-refractivity contribution in [3.8, 4) is 11.5 Å². The van der Waals surface area contributed by atoms with E-state index in [2.05, 4.69) is 10.6 Å². The molecule has 1 aromatic carbocycles. The van der Waals surface area contributed by atoms with Crippen LogP contribution in [0.4, 0.5) is 4.79 Å². The van der Waals surface area contributed by atoms with Crippen molar-refractivity contribution < 1.29 is 24.2 Å². The van der Waals surface area contributed by atoms with Crippen molar-refractivity contribution in [2.45, 2.75) is 32.4 Å². The molecule has 0 aromatic heterocycles. The molecule has 114 valence electrons. The van der Waals surface area contributed by atoms with Crippen LogP contribution in [0.15, 0.2) is 18.2 Å². The van der Waals surface area contributed by atoms with Crippen molar-refractivity contribution >= 4 is 12.0 Å². The number of carbonyl (C=O) groups excluding carboxylic acids is 1. The monoisotopic (exact) mass is 294 g/mol. The smallest absolute Gasteiger partial charge is 0.326 e. The first-order valence-electron chi connectivity index (χ1n) is 6.76. The third kappa shape index (κ3) is 4.01. The molecule has 0 spiro atoms. The van der Waals surface area contributed by atoms with Gasteiger partial charge in [0.25, 0.3) is 0 Å². The van der Waals surface area contributed by atoms with E-state index in [-0.39, 0.29) is 13.3 Å². The fraction of sp³-hybridized carbons (Fsp3) is 0.429. The van der Waals surface area contributed by atoms with Crippen LogP contribution in [-0.4, -0.2) is 29.9 Å². The molecule has 1 aliphatic rings. The number of urea groups is 1. The Morgan fingerprint density at radius 2 is 2.10 bits per heavy atom. The normalized spacial score (nSPS) is 13.6. The van der Waals surface area contributed by atoms with E-state index in [0.29, 0.717) is 24.3 Å². The summed E-state index contributed by atoms with van der Waals surface area (Å²) in [6.07, 6.45) is 1.08. The highest BCUT2D eigenvalue weighted by Crippen LogP contribution is 2.32. The molecule has 0 fully saturated rings. The Morgan fingerprint density at radius 3 is 2.81 bits per heavy atom. The van der Waals surface area contributed by atoms with Gasteiger partial charge in [-0.1, -0.05) is 19.4 Å². The number of hydrogen-bond donors (Lipinski definition) is 3. The second kappa shape index (κ2) is 6.83. The molecule has 0 radical (unpaired) electrons. The summed E-state index contributed by atoms with van der Waals surface area (Å²) in [5.74, 6) is 0.288. The first kappa shape index (κ1) is 15.0. The Morgan fingerprint density at radius 1 is 1.33 bits per heavy atom. The zero-order valence-corrected chi connectivity index (χ0v) is 11.7. The van der Waals surface area contributed by atoms with Crippen LogP contribution in [0.2, 0.25) is 0 Å². The van der Waals surface area contributed by atoms with Crippen LogP contribution < -0.4 is 20.1 Å². The van der Waals surface area contributed by atoms with Crippen LogP contribution in [0, 0.1) is 0 Å². The lowest BCUT2D eigenvalue weighted by atomic mass is 10.2. The van der Waals surface area contributed by atoms with Crippen molar-refractivity contribution in [2.24, 2.45) is 0 Å². The maximum atomic E-state index is 11.7. The molecule has 1 aromatic rings. The summed E-state index contributed by atoms with van der Waals surface area (Å²) in [6.45, 7) is 2.34. The molecule has 0 saturated heterocycles. The second-order valence-corrected chi connectivity index (χ2v) is 4.69. The van der Waals surface area contributed by atoms with E-state index >= 15 is 0 Å². The van der Waals surface area contributed by atoms with E-state index in [1.54, 1.807) is 12.1 Å². The van der Waals surface area contributed by atoms with Gasteiger partial charge >= 0.3 is 12.0 Å². The zero-order valence-electron chi connectivity index (χ0n) is 11.7. The number of ether oxygens (including phenoxy) is 2. The Bertz CT molecular complexity index is 532. The molecule has 21 heavy (non-hydrogen) atoms. The molecular weight excluding hydrogens is 276 g/mol. The van der Waals surface area contributed by atoms with Gasteiger partial charge in [-0.25, -0.2) is 9.59 Å². The topological polar surface area (TPSA) is 96.9 Å². The molecule has 3 N–H and O–H groups in total. The molecule has 2 rings (SSSR count). The molecule has 0 aliphatic carbocycles. The number of carboxylic acids is 1. The van der Waals surface area contributed by atoms with Gasteiger partial charge in [-0.2, -0.15) is 0 Å². The number of carbonyl (C=O) groups is 2. The van der Waals surface area contributed by atoms with Gasteiger partial charge in [0, 0.05) is 6.54 Å². The lowest BCUT2D eigenvalue weighted by molar-refractivity contribution is -0.139. The lowest BCUT2D eigenvalue weighted by Gasteiger charge is -2.14. The molecular formula is C14H18N2O5. The predicted octanol–water partition coefficient (Wildman–Crippen LogP) is 1.47. The Kier molecular flexibility index (Phi) is 4.86. The first-order valence-corrected chi connectivity index (χ1v) is 6.76. The minimum atomic E-state index is -1.03. The van der Waals surface area contributed by atoms with Gasteiger partial charge in [0.15, 0.2) is 11.5 Å². The zero-order chi connectivity index (χ0) is 15.2. The number of hydrogen-bond acceptors (Lipinski definition) is 4. The number of nitrogens with one attached hydrogen (secondary N) is 2. The quantitative estimate of drug-likeness (QED) is 0.738. The first-order chi connectivity index (χ1) is 10.1. The van der Waals surface area contributed by atoms with E-state index in [0.717, 1.165) is 5.56 Å². The van der Waals surface area contributed by atoms with E-state index < -0.39 is 18.0 Å². The van der Waals surface area contributed by atoms with E-state index in [1.165, 1.54) is 0 Å². The molecule has 0 bridgehead atoms.